The zero-order chi connectivity index (χ0) is 15.5. The molecule has 0 aromatic heterocycles. The van der Waals surface area contributed by atoms with Crippen LogP contribution in [0.5, 0.6) is 0 Å². The molecule has 1 aromatic carbocycles. The van der Waals surface area contributed by atoms with Crippen molar-refractivity contribution in [1.82, 2.24) is 10.2 Å². The molecule has 1 N–H and O–H groups in total. The predicted molar refractivity (Wildman–Crippen MR) is 82.7 cm³/mol. The number of carbonyl (C=O) groups is 1. The minimum absolute atomic E-state index is 0.0949. The Morgan fingerprint density at radius 3 is 2.52 bits per heavy atom. The highest BCUT2D eigenvalue weighted by Crippen LogP contribution is 2.26. The first kappa shape index (κ1) is 16.0. The largest absolute Gasteiger partial charge is 0.353 e. The molecular weight excluding hydrogens is 267 g/mol. The second kappa shape index (κ2) is 6.56. The van der Waals surface area contributed by atoms with E-state index in [2.05, 4.69) is 17.1 Å². The summed E-state index contributed by atoms with van der Waals surface area (Å²) in [7, 11) is 0. The molecule has 0 spiro atoms. The van der Waals surface area contributed by atoms with Crippen LogP contribution in [0.25, 0.3) is 0 Å². The molecule has 1 fully saturated rings. The van der Waals surface area contributed by atoms with Crippen LogP contribution in [0.15, 0.2) is 24.3 Å². The van der Waals surface area contributed by atoms with E-state index in [0.717, 1.165) is 32.5 Å². The van der Waals surface area contributed by atoms with E-state index in [1.54, 1.807) is 32.0 Å². The van der Waals surface area contributed by atoms with Crippen LogP contribution in [0.4, 0.5) is 4.39 Å². The highest BCUT2D eigenvalue weighted by molar-refractivity contribution is 5.87. The summed E-state index contributed by atoms with van der Waals surface area (Å²) in [5, 5.41) is 3.10. The first-order chi connectivity index (χ1) is 9.95. The number of nitrogens with one attached hydrogen (secondary N) is 1. The van der Waals surface area contributed by atoms with Gasteiger partial charge in [-0.25, -0.2) is 4.39 Å². The number of carbonyl (C=O) groups excluding carboxylic acids is 1. The van der Waals surface area contributed by atoms with Gasteiger partial charge in [-0.05, 0) is 39.3 Å². The van der Waals surface area contributed by atoms with E-state index in [4.69, 9.17) is 0 Å². The van der Waals surface area contributed by atoms with Gasteiger partial charge in [-0.2, -0.15) is 0 Å². The summed E-state index contributed by atoms with van der Waals surface area (Å²) >= 11 is 0. The average Bonchev–Trinajstić information content (AvgIpc) is 2.48. The highest BCUT2D eigenvalue weighted by Gasteiger charge is 2.34. The lowest BCUT2D eigenvalue weighted by atomic mass is 9.83. The Bertz CT molecular complexity index is 493. The third kappa shape index (κ3) is 3.62. The fraction of sp³-hybridized carbons (Fsp3) is 0.588. The lowest BCUT2D eigenvalue weighted by Gasteiger charge is -2.34. The molecule has 1 aromatic rings. The van der Waals surface area contributed by atoms with E-state index in [9.17, 15) is 9.18 Å². The zero-order valence-corrected chi connectivity index (χ0v) is 13.2. The van der Waals surface area contributed by atoms with Gasteiger partial charge in [-0.15, -0.1) is 0 Å². The number of rotatable bonds is 4. The van der Waals surface area contributed by atoms with Gasteiger partial charge < -0.3 is 10.2 Å². The number of benzene rings is 1. The topological polar surface area (TPSA) is 32.3 Å². The standard InChI is InChI=1S/C17H25FN2O/c1-4-20-11-9-13(10-12-20)19-16(21)17(2,3)14-7-5-6-8-15(14)18/h5-8,13H,4,9-12H2,1-3H3,(H,19,21). The molecule has 116 valence electrons. The maximum absolute atomic E-state index is 13.9. The minimum Gasteiger partial charge on any atom is -0.353 e. The van der Waals surface area contributed by atoms with Crippen molar-refractivity contribution in [2.45, 2.75) is 45.1 Å². The van der Waals surface area contributed by atoms with Crippen molar-refractivity contribution in [2.75, 3.05) is 19.6 Å². The summed E-state index contributed by atoms with van der Waals surface area (Å²) in [4.78, 5) is 14.9. The summed E-state index contributed by atoms with van der Waals surface area (Å²) in [5.74, 6) is -0.416. The van der Waals surface area contributed by atoms with Gasteiger partial charge in [0.05, 0.1) is 5.41 Å². The van der Waals surface area contributed by atoms with Crippen LogP contribution in [0.2, 0.25) is 0 Å². The first-order valence-electron chi connectivity index (χ1n) is 7.73. The molecule has 0 atom stereocenters. The predicted octanol–water partition coefficient (Wildman–Crippen LogP) is 2.70. The van der Waals surface area contributed by atoms with Gasteiger partial charge in [0.25, 0.3) is 0 Å². The maximum atomic E-state index is 13.9. The average molecular weight is 292 g/mol. The van der Waals surface area contributed by atoms with Gasteiger partial charge >= 0.3 is 0 Å². The number of nitrogens with zero attached hydrogens (tertiary/aromatic N) is 1. The van der Waals surface area contributed by atoms with Crippen LogP contribution >= 0.6 is 0 Å². The van der Waals surface area contributed by atoms with Crippen molar-refractivity contribution in [3.63, 3.8) is 0 Å². The first-order valence-corrected chi connectivity index (χ1v) is 7.73. The Labute approximate surface area is 126 Å². The Balaban J connectivity index is 2.01. The Morgan fingerprint density at radius 2 is 1.95 bits per heavy atom. The van der Waals surface area contributed by atoms with Crippen molar-refractivity contribution in [3.8, 4) is 0 Å². The number of hydrogen-bond donors (Lipinski definition) is 1. The van der Waals surface area contributed by atoms with Crippen molar-refractivity contribution < 1.29 is 9.18 Å². The molecule has 1 aliphatic heterocycles. The molecule has 21 heavy (non-hydrogen) atoms. The summed E-state index contributed by atoms with van der Waals surface area (Å²) in [6, 6.07) is 6.71. The molecule has 1 amide bonds. The molecule has 0 unspecified atom stereocenters. The van der Waals surface area contributed by atoms with E-state index in [1.807, 2.05) is 0 Å². The van der Waals surface area contributed by atoms with Crippen molar-refractivity contribution in [2.24, 2.45) is 0 Å². The molecule has 0 bridgehead atoms. The number of halogens is 1. The third-order valence-corrected chi connectivity index (χ3v) is 4.48. The maximum Gasteiger partial charge on any atom is 0.230 e. The summed E-state index contributed by atoms with van der Waals surface area (Å²) < 4.78 is 13.9. The van der Waals surface area contributed by atoms with E-state index in [1.165, 1.54) is 6.07 Å². The Kier molecular flexibility index (Phi) is 4.99. The van der Waals surface area contributed by atoms with Crippen LogP contribution in [-0.2, 0) is 10.2 Å². The molecule has 1 heterocycles. The zero-order valence-electron chi connectivity index (χ0n) is 13.2. The molecule has 0 saturated carbocycles. The van der Waals surface area contributed by atoms with Gasteiger partial charge in [0.2, 0.25) is 5.91 Å². The summed E-state index contributed by atoms with van der Waals surface area (Å²) in [6.45, 7) is 8.80. The van der Waals surface area contributed by atoms with Crippen LogP contribution in [0, 0.1) is 5.82 Å². The molecule has 4 heteroatoms. The van der Waals surface area contributed by atoms with E-state index in [0.29, 0.717) is 5.56 Å². The molecule has 3 nitrogen and oxygen atoms in total. The lowest BCUT2D eigenvalue weighted by Crippen LogP contribution is -2.49. The van der Waals surface area contributed by atoms with Crippen molar-refractivity contribution in [1.29, 1.82) is 0 Å². The van der Waals surface area contributed by atoms with Gasteiger partial charge in [-0.1, -0.05) is 25.1 Å². The Morgan fingerprint density at radius 1 is 1.33 bits per heavy atom. The van der Waals surface area contributed by atoms with Gasteiger partial charge in [0, 0.05) is 24.7 Å². The summed E-state index contributed by atoms with van der Waals surface area (Å²) in [6.07, 6.45) is 1.93. The minimum atomic E-state index is -0.854. The number of amides is 1. The van der Waals surface area contributed by atoms with Gasteiger partial charge in [0.1, 0.15) is 5.82 Å². The smallest absolute Gasteiger partial charge is 0.230 e. The molecule has 0 radical (unpaired) electrons. The second-order valence-electron chi connectivity index (χ2n) is 6.29. The van der Waals surface area contributed by atoms with E-state index < -0.39 is 5.41 Å². The monoisotopic (exact) mass is 292 g/mol. The van der Waals surface area contributed by atoms with E-state index >= 15 is 0 Å². The normalized spacial score (nSPS) is 17.7. The van der Waals surface area contributed by atoms with Gasteiger partial charge in [0.15, 0.2) is 0 Å². The van der Waals surface area contributed by atoms with Crippen LogP contribution in [-0.4, -0.2) is 36.5 Å². The SMILES string of the molecule is CCN1CCC(NC(=O)C(C)(C)c2ccccc2F)CC1. The fourth-order valence-corrected chi connectivity index (χ4v) is 2.85. The molecule has 2 rings (SSSR count). The summed E-state index contributed by atoms with van der Waals surface area (Å²) in [5.41, 5.74) is -0.402. The van der Waals surface area contributed by atoms with Gasteiger partial charge in [-0.3, -0.25) is 4.79 Å². The number of hydrogen-bond acceptors (Lipinski definition) is 2. The lowest BCUT2D eigenvalue weighted by molar-refractivity contribution is -0.126. The van der Waals surface area contributed by atoms with E-state index in [-0.39, 0.29) is 17.8 Å². The van der Waals surface area contributed by atoms with Crippen LogP contribution in [0.3, 0.4) is 0 Å². The molecule has 1 saturated heterocycles. The van der Waals surface area contributed by atoms with Crippen LogP contribution < -0.4 is 5.32 Å². The molecular formula is C17H25FN2O. The number of piperidine rings is 1. The van der Waals surface area contributed by atoms with Crippen LogP contribution in [0.1, 0.15) is 39.2 Å². The molecule has 0 aliphatic carbocycles. The fourth-order valence-electron chi connectivity index (χ4n) is 2.85. The van der Waals surface area contributed by atoms with Crippen molar-refractivity contribution >= 4 is 5.91 Å². The second-order valence-corrected chi connectivity index (χ2v) is 6.29. The molecule has 1 aliphatic rings. The van der Waals surface area contributed by atoms with Crippen molar-refractivity contribution in [3.05, 3.63) is 35.6 Å². The Hall–Kier alpha value is -1.42. The number of likely N-dealkylation sites (tertiary alicyclic amines) is 1. The quantitative estimate of drug-likeness (QED) is 0.925. The third-order valence-electron chi connectivity index (χ3n) is 4.48. The highest BCUT2D eigenvalue weighted by atomic mass is 19.1.